The highest BCUT2D eigenvalue weighted by Crippen LogP contribution is 2.29. The Morgan fingerprint density at radius 2 is 2.26 bits per heavy atom. The van der Waals surface area contributed by atoms with Crippen LogP contribution in [0.3, 0.4) is 0 Å². The van der Waals surface area contributed by atoms with Crippen molar-refractivity contribution in [3.8, 4) is 0 Å². The zero-order chi connectivity index (χ0) is 15.8. The van der Waals surface area contributed by atoms with Gasteiger partial charge in [0.05, 0.1) is 12.1 Å². The average Bonchev–Trinajstić information content (AvgIpc) is 3.19. The van der Waals surface area contributed by atoms with Gasteiger partial charge in [0, 0.05) is 18.4 Å². The van der Waals surface area contributed by atoms with E-state index in [0.717, 1.165) is 54.2 Å². The molecule has 2 atom stereocenters. The number of nitrogens with one attached hydrogen (secondary N) is 1. The topological polar surface area (TPSA) is 55.9 Å². The van der Waals surface area contributed by atoms with Crippen LogP contribution in [0, 0.1) is 0 Å². The first-order valence-electron chi connectivity index (χ1n) is 8.42. The molecule has 0 bridgehead atoms. The van der Waals surface area contributed by atoms with Crippen LogP contribution in [0.15, 0.2) is 34.7 Å². The van der Waals surface area contributed by atoms with Gasteiger partial charge >= 0.3 is 0 Å². The van der Waals surface area contributed by atoms with Gasteiger partial charge in [-0.25, -0.2) is 9.67 Å². The molecule has 0 saturated carbocycles. The van der Waals surface area contributed by atoms with E-state index in [1.54, 1.807) is 0 Å². The molecule has 3 heterocycles. The Morgan fingerprint density at radius 1 is 1.39 bits per heavy atom. The quantitative estimate of drug-likeness (QED) is 0.797. The molecule has 0 unspecified atom stereocenters. The van der Waals surface area contributed by atoms with Gasteiger partial charge in [-0.15, -0.1) is 0 Å². The zero-order valence-corrected chi connectivity index (χ0v) is 13.6. The van der Waals surface area contributed by atoms with Gasteiger partial charge in [-0.05, 0) is 31.9 Å². The number of nitrogens with zero attached hydrogens (tertiary/aromatic N) is 3. The second-order valence-corrected chi connectivity index (χ2v) is 6.23. The number of rotatable bonds is 4. The van der Waals surface area contributed by atoms with Crippen LogP contribution in [0.5, 0.6) is 0 Å². The summed E-state index contributed by atoms with van der Waals surface area (Å²) in [6.45, 7) is 5.22. The highest BCUT2D eigenvalue weighted by Gasteiger charge is 2.26. The maximum absolute atomic E-state index is 5.98. The van der Waals surface area contributed by atoms with Crippen molar-refractivity contribution < 1.29 is 4.42 Å². The van der Waals surface area contributed by atoms with Crippen LogP contribution in [0.25, 0.3) is 11.0 Å². The van der Waals surface area contributed by atoms with E-state index in [9.17, 15) is 0 Å². The molecule has 23 heavy (non-hydrogen) atoms. The molecule has 1 N–H and O–H groups in total. The van der Waals surface area contributed by atoms with E-state index >= 15 is 0 Å². The summed E-state index contributed by atoms with van der Waals surface area (Å²) in [7, 11) is 0. The summed E-state index contributed by atoms with van der Waals surface area (Å²) in [6, 6.07) is 10.6. The molecule has 2 aromatic heterocycles. The van der Waals surface area contributed by atoms with E-state index in [-0.39, 0.29) is 12.1 Å². The van der Waals surface area contributed by atoms with Crippen LogP contribution in [-0.4, -0.2) is 14.8 Å². The van der Waals surface area contributed by atoms with Gasteiger partial charge in [0.25, 0.3) is 0 Å². The maximum Gasteiger partial charge on any atom is 0.150 e. The second kappa shape index (κ2) is 5.81. The number of hydrogen-bond donors (Lipinski definition) is 1. The van der Waals surface area contributed by atoms with Gasteiger partial charge in [-0.1, -0.05) is 25.1 Å². The zero-order valence-electron chi connectivity index (χ0n) is 13.6. The Balaban J connectivity index is 1.57. The molecule has 120 valence electrons. The molecule has 1 aromatic carbocycles. The fraction of sp³-hybridized carbons (Fsp3) is 0.444. The lowest BCUT2D eigenvalue weighted by atomic mass is 10.1. The van der Waals surface area contributed by atoms with Gasteiger partial charge in [-0.2, -0.15) is 5.10 Å². The van der Waals surface area contributed by atoms with Gasteiger partial charge < -0.3 is 4.42 Å². The molecule has 5 nitrogen and oxygen atoms in total. The van der Waals surface area contributed by atoms with Gasteiger partial charge in [0.1, 0.15) is 17.2 Å². The number of fused-ring (bicyclic) bond motifs is 2. The monoisotopic (exact) mass is 310 g/mol. The van der Waals surface area contributed by atoms with Gasteiger partial charge in [0.2, 0.25) is 0 Å². The van der Waals surface area contributed by atoms with Crippen molar-refractivity contribution in [2.45, 2.75) is 51.7 Å². The molecule has 0 aliphatic carbocycles. The van der Waals surface area contributed by atoms with Crippen LogP contribution < -0.4 is 5.32 Å². The summed E-state index contributed by atoms with van der Waals surface area (Å²) in [5, 5.41) is 9.40. The van der Waals surface area contributed by atoms with Crippen LogP contribution in [0.1, 0.15) is 56.2 Å². The number of aromatic nitrogens is 3. The predicted molar refractivity (Wildman–Crippen MR) is 89.1 cm³/mol. The van der Waals surface area contributed by atoms with Crippen molar-refractivity contribution in [2.24, 2.45) is 0 Å². The number of furan rings is 1. The predicted octanol–water partition coefficient (Wildman–Crippen LogP) is 3.77. The minimum atomic E-state index is 0.140. The van der Waals surface area contributed by atoms with Gasteiger partial charge in [-0.3, -0.25) is 5.32 Å². The van der Waals surface area contributed by atoms with E-state index in [2.05, 4.69) is 41.1 Å². The molecular weight excluding hydrogens is 288 g/mol. The summed E-state index contributed by atoms with van der Waals surface area (Å²) in [5.41, 5.74) is 0.941. The van der Waals surface area contributed by atoms with Crippen molar-refractivity contribution in [3.05, 3.63) is 47.7 Å². The lowest BCUT2D eigenvalue weighted by Crippen LogP contribution is -2.30. The number of benzene rings is 1. The molecule has 0 saturated heterocycles. The Labute approximate surface area is 135 Å². The van der Waals surface area contributed by atoms with Crippen molar-refractivity contribution in [1.29, 1.82) is 0 Å². The van der Waals surface area contributed by atoms with E-state index in [0.29, 0.717) is 0 Å². The molecule has 0 radical (unpaired) electrons. The molecule has 0 amide bonds. The summed E-state index contributed by atoms with van der Waals surface area (Å²) in [6.07, 6.45) is 3.10. The van der Waals surface area contributed by atoms with Crippen molar-refractivity contribution in [2.75, 3.05) is 0 Å². The number of para-hydroxylation sites is 1. The summed E-state index contributed by atoms with van der Waals surface area (Å²) < 4.78 is 8.04. The van der Waals surface area contributed by atoms with Crippen LogP contribution in [-0.2, 0) is 13.0 Å². The lowest BCUT2D eigenvalue weighted by Gasteiger charge is -2.25. The Bertz CT molecular complexity index is 786. The normalized spacial score (nSPS) is 19.0. The van der Waals surface area contributed by atoms with Crippen molar-refractivity contribution >= 4 is 11.0 Å². The van der Waals surface area contributed by atoms with Crippen LogP contribution in [0.2, 0.25) is 0 Å². The molecule has 3 aromatic rings. The molecule has 1 aliphatic heterocycles. The summed E-state index contributed by atoms with van der Waals surface area (Å²) in [4.78, 5) is 4.70. The van der Waals surface area contributed by atoms with E-state index in [4.69, 9.17) is 9.40 Å². The first kappa shape index (κ1) is 14.5. The fourth-order valence-corrected chi connectivity index (χ4v) is 3.31. The standard InChI is InChI=1S/C18H22N4O/c1-3-17-20-18-14(8-6-10-22(18)21-17)19-12(2)16-11-13-7-4-5-9-15(13)23-16/h4-5,7,9,11-12,14,19H,3,6,8,10H2,1-2H3/t12-,14-/m0/s1. The summed E-state index contributed by atoms with van der Waals surface area (Å²) in [5.74, 6) is 2.97. The largest absolute Gasteiger partial charge is 0.459 e. The van der Waals surface area contributed by atoms with E-state index < -0.39 is 0 Å². The number of hydrogen-bond acceptors (Lipinski definition) is 4. The molecule has 4 rings (SSSR count). The molecule has 0 spiro atoms. The summed E-state index contributed by atoms with van der Waals surface area (Å²) >= 11 is 0. The second-order valence-electron chi connectivity index (χ2n) is 6.23. The van der Waals surface area contributed by atoms with E-state index in [1.807, 2.05) is 18.2 Å². The van der Waals surface area contributed by atoms with E-state index in [1.165, 1.54) is 0 Å². The Morgan fingerprint density at radius 3 is 3.09 bits per heavy atom. The number of aryl methyl sites for hydroxylation is 2. The van der Waals surface area contributed by atoms with Crippen molar-refractivity contribution in [3.63, 3.8) is 0 Å². The molecular formula is C18H22N4O. The lowest BCUT2D eigenvalue weighted by molar-refractivity contribution is 0.326. The smallest absolute Gasteiger partial charge is 0.150 e. The molecule has 0 fully saturated rings. The molecule has 1 aliphatic rings. The SMILES string of the molecule is CCc1nc2n(n1)CCC[C@@H]2N[C@@H](C)c1cc2ccccc2o1. The third kappa shape index (κ3) is 2.65. The first-order valence-corrected chi connectivity index (χ1v) is 8.42. The Kier molecular flexibility index (Phi) is 3.65. The van der Waals surface area contributed by atoms with Crippen LogP contribution in [0.4, 0.5) is 0 Å². The van der Waals surface area contributed by atoms with Gasteiger partial charge in [0.15, 0.2) is 5.82 Å². The van der Waals surface area contributed by atoms with Crippen molar-refractivity contribution in [1.82, 2.24) is 20.1 Å². The third-order valence-electron chi connectivity index (χ3n) is 4.56. The minimum Gasteiger partial charge on any atom is -0.459 e. The maximum atomic E-state index is 5.98. The average molecular weight is 310 g/mol. The molecule has 5 heteroatoms. The highest BCUT2D eigenvalue weighted by molar-refractivity contribution is 5.77. The Hall–Kier alpha value is -2.14. The fourth-order valence-electron chi connectivity index (χ4n) is 3.31. The first-order chi connectivity index (χ1) is 11.2. The minimum absolute atomic E-state index is 0.140. The third-order valence-corrected chi connectivity index (χ3v) is 4.56. The van der Waals surface area contributed by atoms with Crippen LogP contribution >= 0.6 is 0 Å². The highest BCUT2D eigenvalue weighted by atomic mass is 16.3.